The van der Waals surface area contributed by atoms with Crippen molar-refractivity contribution in [3.8, 4) is 17.0 Å². The Labute approximate surface area is 150 Å². The highest BCUT2D eigenvalue weighted by molar-refractivity contribution is 7.17. The number of hydrogen-bond donors (Lipinski definition) is 3. The summed E-state index contributed by atoms with van der Waals surface area (Å²) in [5.74, 6) is 0.976. The number of aliphatic hydroxyl groups excluding tert-OH is 1. The van der Waals surface area contributed by atoms with Crippen molar-refractivity contribution < 1.29 is 10.2 Å². The van der Waals surface area contributed by atoms with E-state index in [0.29, 0.717) is 11.3 Å². The Morgan fingerprint density at radius 1 is 1.20 bits per heavy atom. The van der Waals surface area contributed by atoms with Crippen molar-refractivity contribution in [3.05, 3.63) is 35.2 Å². The third-order valence-electron chi connectivity index (χ3n) is 4.84. The molecule has 0 bridgehead atoms. The number of aliphatic hydroxyl groups is 1. The summed E-state index contributed by atoms with van der Waals surface area (Å²) in [5.41, 5.74) is 2.36. The highest BCUT2D eigenvalue weighted by atomic mass is 32.1. The number of aryl methyl sites for hydroxylation is 1. The van der Waals surface area contributed by atoms with Crippen molar-refractivity contribution in [3.63, 3.8) is 0 Å². The van der Waals surface area contributed by atoms with Crippen molar-refractivity contribution in [1.29, 1.82) is 0 Å². The molecule has 1 fully saturated rings. The zero-order valence-corrected chi connectivity index (χ0v) is 14.9. The van der Waals surface area contributed by atoms with Gasteiger partial charge in [-0.3, -0.25) is 0 Å². The Bertz CT molecular complexity index is 909. The van der Waals surface area contributed by atoms with Crippen LogP contribution in [0.4, 0.5) is 5.82 Å². The summed E-state index contributed by atoms with van der Waals surface area (Å²) in [4.78, 5) is 0. The molecule has 0 aliphatic heterocycles. The molecular weight excluding hydrogens is 334 g/mol. The van der Waals surface area contributed by atoms with Crippen LogP contribution in [-0.2, 0) is 0 Å². The van der Waals surface area contributed by atoms with E-state index in [9.17, 15) is 10.2 Å². The lowest BCUT2D eigenvalue weighted by Gasteiger charge is -2.27. The smallest absolute Gasteiger partial charge is 0.149 e. The second kappa shape index (κ2) is 6.61. The van der Waals surface area contributed by atoms with E-state index in [0.717, 1.165) is 47.2 Å². The van der Waals surface area contributed by atoms with Crippen LogP contribution in [-0.4, -0.2) is 32.6 Å². The van der Waals surface area contributed by atoms with Crippen molar-refractivity contribution in [1.82, 2.24) is 10.2 Å². The molecule has 1 aromatic carbocycles. The number of fused-ring (bicyclic) bond motifs is 1. The van der Waals surface area contributed by atoms with Gasteiger partial charge >= 0.3 is 0 Å². The first-order chi connectivity index (χ1) is 12.1. The van der Waals surface area contributed by atoms with Crippen LogP contribution in [0.1, 0.15) is 31.2 Å². The van der Waals surface area contributed by atoms with Gasteiger partial charge in [-0.05, 0) is 67.8 Å². The molecule has 2 heterocycles. The molecule has 25 heavy (non-hydrogen) atoms. The second-order valence-corrected chi connectivity index (χ2v) is 7.66. The first-order valence-corrected chi connectivity index (χ1v) is 9.48. The van der Waals surface area contributed by atoms with Gasteiger partial charge in [-0.15, -0.1) is 21.5 Å². The third-order valence-corrected chi connectivity index (χ3v) is 5.73. The molecular formula is C19H21N3O2S. The second-order valence-electron chi connectivity index (χ2n) is 6.72. The van der Waals surface area contributed by atoms with Gasteiger partial charge in [0, 0.05) is 21.7 Å². The predicted octanol–water partition coefficient (Wildman–Crippen LogP) is 4.09. The largest absolute Gasteiger partial charge is 0.507 e. The van der Waals surface area contributed by atoms with Gasteiger partial charge in [0.2, 0.25) is 0 Å². The lowest BCUT2D eigenvalue weighted by molar-refractivity contribution is 0.124. The van der Waals surface area contributed by atoms with Crippen LogP contribution in [0.25, 0.3) is 21.3 Å². The molecule has 4 rings (SSSR count). The van der Waals surface area contributed by atoms with Gasteiger partial charge in [0.1, 0.15) is 11.6 Å². The molecule has 2 atom stereocenters. The summed E-state index contributed by atoms with van der Waals surface area (Å²) in [7, 11) is 0. The highest BCUT2D eigenvalue weighted by Gasteiger charge is 2.21. The summed E-state index contributed by atoms with van der Waals surface area (Å²) in [6.45, 7) is 1.97. The maximum absolute atomic E-state index is 10.6. The van der Waals surface area contributed by atoms with E-state index >= 15 is 0 Å². The van der Waals surface area contributed by atoms with Gasteiger partial charge in [0.05, 0.1) is 11.8 Å². The fraction of sp³-hybridized carbons (Fsp3) is 0.368. The molecule has 3 N–H and O–H groups in total. The van der Waals surface area contributed by atoms with E-state index in [1.54, 1.807) is 11.3 Å². The molecule has 1 aliphatic carbocycles. The van der Waals surface area contributed by atoms with Gasteiger partial charge in [0.15, 0.2) is 0 Å². The number of phenolic OH excluding ortho intramolecular Hbond substituents is 1. The Morgan fingerprint density at radius 2 is 2.08 bits per heavy atom. The number of nitrogens with zero attached hydrogens (tertiary/aromatic N) is 2. The third kappa shape index (κ3) is 3.19. The normalized spacial score (nSPS) is 20.7. The molecule has 0 radical (unpaired) electrons. The highest BCUT2D eigenvalue weighted by Crippen LogP contribution is 2.38. The van der Waals surface area contributed by atoms with E-state index in [1.165, 1.54) is 0 Å². The van der Waals surface area contributed by atoms with E-state index in [1.807, 2.05) is 36.6 Å². The van der Waals surface area contributed by atoms with Gasteiger partial charge in [-0.2, -0.15) is 0 Å². The van der Waals surface area contributed by atoms with Crippen molar-refractivity contribution in [2.45, 2.75) is 44.8 Å². The van der Waals surface area contributed by atoms with Crippen molar-refractivity contribution in [2.75, 3.05) is 5.32 Å². The number of nitrogens with one attached hydrogen (secondary N) is 1. The zero-order valence-electron chi connectivity index (χ0n) is 14.1. The Balaban J connectivity index is 1.61. The van der Waals surface area contributed by atoms with Gasteiger partial charge in [-0.25, -0.2) is 0 Å². The molecule has 3 aromatic rings. The predicted molar refractivity (Wildman–Crippen MR) is 101 cm³/mol. The monoisotopic (exact) mass is 355 g/mol. The minimum atomic E-state index is -0.228. The first-order valence-electron chi connectivity index (χ1n) is 8.60. The average Bonchev–Trinajstić information content (AvgIpc) is 3.06. The molecule has 6 heteroatoms. The minimum Gasteiger partial charge on any atom is -0.507 e. The number of anilines is 1. The van der Waals surface area contributed by atoms with Crippen molar-refractivity contribution >= 4 is 27.2 Å². The van der Waals surface area contributed by atoms with E-state index in [-0.39, 0.29) is 17.9 Å². The van der Waals surface area contributed by atoms with Gasteiger partial charge in [-0.1, -0.05) is 0 Å². The standard InChI is InChI=1S/C19H21N3O2S/c1-11-9-17(20-12-3-2-4-13(23)10-12)21-22-18(11)15-5-6-16-14(19(15)24)7-8-25-16/h5-9,12-13,23-24H,2-4,10H2,1H3,(H,20,21)/t12-,13+/m1/s1. The number of hydrogen-bond acceptors (Lipinski definition) is 6. The number of rotatable bonds is 3. The average molecular weight is 355 g/mol. The molecule has 0 spiro atoms. The molecule has 0 amide bonds. The van der Waals surface area contributed by atoms with Crippen LogP contribution in [0.2, 0.25) is 0 Å². The Kier molecular flexibility index (Phi) is 4.31. The Morgan fingerprint density at radius 3 is 2.88 bits per heavy atom. The van der Waals surface area contributed by atoms with Gasteiger partial charge in [0.25, 0.3) is 0 Å². The molecule has 5 nitrogen and oxygen atoms in total. The van der Waals surface area contributed by atoms with Crippen LogP contribution in [0.5, 0.6) is 5.75 Å². The molecule has 0 unspecified atom stereocenters. The number of aromatic hydroxyl groups is 1. The SMILES string of the molecule is Cc1cc(N[C@@H]2CCC[C@H](O)C2)nnc1-c1ccc2sccc2c1O. The minimum absolute atomic E-state index is 0.228. The molecule has 1 saturated carbocycles. The van der Waals surface area contributed by atoms with Crippen LogP contribution >= 0.6 is 11.3 Å². The fourth-order valence-electron chi connectivity index (χ4n) is 3.55. The molecule has 1 aliphatic rings. The first kappa shape index (κ1) is 16.3. The number of benzene rings is 1. The summed E-state index contributed by atoms with van der Waals surface area (Å²) in [6, 6.07) is 8.02. The lowest BCUT2D eigenvalue weighted by Crippen LogP contribution is -2.30. The Hall–Kier alpha value is -2.18. The summed E-state index contributed by atoms with van der Waals surface area (Å²) in [6.07, 6.45) is 3.46. The summed E-state index contributed by atoms with van der Waals surface area (Å²) < 4.78 is 1.06. The lowest BCUT2D eigenvalue weighted by atomic mass is 9.93. The zero-order chi connectivity index (χ0) is 17.4. The van der Waals surface area contributed by atoms with E-state index in [4.69, 9.17) is 0 Å². The van der Waals surface area contributed by atoms with Crippen molar-refractivity contribution in [2.24, 2.45) is 0 Å². The maximum atomic E-state index is 10.6. The molecule has 130 valence electrons. The van der Waals surface area contributed by atoms with E-state index in [2.05, 4.69) is 15.5 Å². The number of thiophene rings is 1. The fourth-order valence-corrected chi connectivity index (χ4v) is 4.33. The van der Waals surface area contributed by atoms with Crippen LogP contribution in [0.3, 0.4) is 0 Å². The molecule has 0 saturated heterocycles. The van der Waals surface area contributed by atoms with Crippen LogP contribution in [0, 0.1) is 6.92 Å². The van der Waals surface area contributed by atoms with Gasteiger partial charge < -0.3 is 15.5 Å². The topological polar surface area (TPSA) is 78.3 Å². The maximum Gasteiger partial charge on any atom is 0.149 e. The van der Waals surface area contributed by atoms with E-state index < -0.39 is 0 Å². The van der Waals surface area contributed by atoms with Crippen LogP contribution in [0.15, 0.2) is 29.6 Å². The van der Waals surface area contributed by atoms with Crippen LogP contribution < -0.4 is 5.32 Å². The quantitative estimate of drug-likeness (QED) is 0.659. The summed E-state index contributed by atoms with van der Waals surface area (Å²) in [5, 5.41) is 35.2. The summed E-state index contributed by atoms with van der Waals surface area (Å²) >= 11 is 1.61. The number of phenols is 1. The molecule has 2 aromatic heterocycles. The number of aromatic nitrogens is 2.